The molecule has 7 heteroatoms. The maximum absolute atomic E-state index is 13.1. The molecule has 0 bridgehead atoms. The minimum atomic E-state index is -0.0799. The summed E-state index contributed by atoms with van der Waals surface area (Å²) >= 11 is 0. The van der Waals surface area contributed by atoms with E-state index in [2.05, 4.69) is 40.0 Å². The molecule has 2 aromatic heterocycles. The molecule has 0 saturated carbocycles. The molecule has 4 aromatic carbocycles. The molecule has 0 radical (unpaired) electrons. The zero-order valence-electron chi connectivity index (χ0n) is 25.3. The molecule has 0 aliphatic heterocycles. The van der Waals surface area contributed by atoms with Gasteiger partial charge in [0.2, 0.25) is 0 Å². The molecule has 6 rings (SSSR count). The number of phenolic OH excluding ortho intramolecular Hbond substituents is 1. The summed E-state index contributed by atoms with van der Waals surface area (Å²) in [5.74, 6) is 0.875. The lowest BCUT2D eigenvalue weighted by Gasteiger charge is -2.13. The summed E-state index contributed by atoms with van der Waals surface area (Å²) in [6.07, 6.45) is 2.49. The quantitative estimate of drug-likeness (QED) is 0.163. The number of phenols is 1. The van der Waals surface area contributed by atoms with Crippen LogP contribution in [0.3, 0.4) is 0 Å². The average Bonchev–Trinajstić information content (AvgIpc) is 3.45. The van der Waals surface area contributed by atoms with Crippen LogP contribution in [0.25, 0.3) is 16.9 Å². The smallest absolute Gasteiger partial charge is 0.251 e. The van der Waals surface area contributed by atoms with E-state index in [-0.39, 0.29) is 11.7 Å². The normalized spacial score (nSPS) is 10.6. The van der Waals surface area contributed by atoms with E-state index >= 15 is 0 Å². The van der Waals surface area contributed by atoms with Gasteiger partial charge in [-0.25, -0.2) is 4.98 Å². The van der Waals surface area contributed by atoms with Crippen LogP contribution in [-0.4, -0.2) is 25.6 Å². The predicted octanol–water partition coefficient (Wildman–Crippen LogP) is 7.57. The molecule has 1 amide bonds. The Bertz CT molecular complexity index is 1850. The first-order chi connectivity index (χ1) is 21.5. The summed E-state index contributed by atoms with van der Waals surface area (Å²) in [7, 11) is 0. The Morgan fingerprint density at radius 1 is 0.795 bits per heavy atom. The molecule has 0 fully saturated rings. The third-order valence-electron chi connectivity index (χ3n) is 7.28. The highest BCUT2D eigenvalue weighted by Gasteiger charge is 2.14. The monoisotopic (exact) mass is 583 g/mol. The highest BCUT2D eigenvalue weighted by atomic mass is 16.3. The highest BCUT2D eigenvalue weighted by molar-refractivity contribution is 5.95. The van der Waals surface area contributed by atoms with E-state index in [4.69, 9.17) is 4.98 Å². The maximum atomic E-state index is 13.1. The number of rotatable bonds is 9. The molecule has 0 aliphatic carbocycles. The number of carbonyl (C=O) groups is 1. The van der Waals surface area contributed by atoms with Crippen molar-refractivity contribution in [3.63, 3.8) is 0 Å². The molecular weight excluding hydrogens is 546 g/mol. The molecule has 2 heterocycles. The Hall–Kier alpha value is -5.43. The van der Waals surface area contributed by atoms with Crippen LogP contribution in [0.2, 0.25) is 0 Å². The molecule has 0 spiro atoms. The van der Waals surface area contributed by atoms with E-state index in [1.807, 2.05) is 93.6 Å². The second kappa shape index (κ2) is 14.2. The number of carbonyl (C=O) groups excluding carboxylic acids is 1. The third-order valence-corrected chi connectivity index (χ3v) is 7.28. The summed E-state index contributed by atoms with van der Waals surface area (Å²) < 4.78 is 1.78. The fourth-order valence-corrected chi connectivity index (χ4v) is 4.98. The van der Waals surface area contributed by atoms with Crippen molar-refractivity contribution >= 4 is 17.4 Å². The number of aryl methyl sites for hydroxylation is 1. The van der Waals surface area contributed by atoms with Gasteiger partial charge in [-0.05, 0) is 53.8 Å². The van der Waals surface area contributed by atoms with Gasteiger partial charge in [-0.2, -0.15) is 9.61 Å². The maximum Gasteiger partial charge on any atom is 0.251 e. The summed E-state index contributed by atoms with van der Waals surface area (Å²) in [6.45, 7) is 6.97. The van der Waals surface area contributed by atoms with Crippen LogP contribution in [-0.2, 0) is 19.5 Å². The number of amides is 1. The Labute approximate surface area is 258 Å². The van der Waals surface area contributed by atoms with Gasteiger partial charge in [0.15, 0.2) is 5.65 Å². The minimum absolute atomic E-state index is 0.0799. The van der Waals surface area contributed by atoms with Crippen molar-refractivity contribution in [2.24, 2.45) is 0 Å². The van der Waals surface area contributed by atoms with Crippen LogP contribution in [0, 0.1) is 6.92 Å². The van der Waals surface area contributed by atoms with Crippen LogP contribution < -0.4 is 10.6 Å². The van der Waals surface area contributed by atoms with E-state index in [0.717, 1.165) is 33.7 Å². The van der Waals surface area contributed by atoms with Gasteiger partial charge in [0.25, 0.3) is 5.91 Å². The van der Waals surface area contributed by atoms with Crippen molar-refractivity contribution in [1.82, 2.24) is 19.9 Å². The lowest BCUT2D eigenvalue weighted by molar-refractivity contribution is 0.0950. The first-order valence-corrected chi connectivity index (χ1v) is 14.9. The Balaban J connectivity index is 0.00000188. The number of fused-ring (bicyclic) bond motifs is 1. The standard InChI is InChI=1S/C35H31N5O2.C2H6/c1-24-21-38-40-33(20-31(39-34(24)40)30-13-7-8-14-32(30)41)36-22-26-15-17-27(18-16-26)23-37-35(42)29-12-6-5-11-28(29)19-25-9-3-2-4-10-25;1-2/h2-18,20-21,36,41H,19,22-23H2,1H3,(H,37,42);1-2H3. The number of para-hydroxylation sites is 1. The lowest BCUT2D eigenvalue weighted by Crippen LogP contribution is -2.24. The summed E-state index contributed by atoms with van der Waals surface area (Å²) in [5.41, 5.74) is 7.99. The first-order valence-electron chi connectivity index (χ1n) is 14.9. The summed E-state index contributed by atoms with van der Waals surface area (Å²) in [6, 6.07) is 35.2. The van der Waals surface area contributed by atoms with E-state index in [0.29, 0.717) is 36.3 Å². The minimum Gasteiger partial charge on any atom is -0.507 e. The molecule has 6 aromatic rings. The van der Waals surface area contributed by atoms with Gasteiger partial charge in [-0.1, -0.05) is 98.8 Å². The number of hydrogen-bond donors (Lipinski definition) is 3. The number of benzene rings is 4. The zero-order valence-corrected chi connectivity index (χ0v) is 25.3. The van der Waals surface area contributed by atoms with Gasteiger partial charge in [0.05, 0.1) is 11.9 Å². The summed E-state index contributed by atoms with van der Waals surface area (Å²) in [5, 5.41) is 21.4. The van der Waals surface area contributed by atoms with E-state index < -0.39 is 0 Å². The van der Waals surface area contributed by atoms with Gasteiger partial charge >= 0.3 is 0 Å². The van der Waals surface area contributed by atoms with Crippen LogP contribution >= 0.6 is 0 Å². The van der Waals surface area contributed by atoms with Gasteiger partial charge in [-0.15, -0.1) is 0 Å². The Kier molecular flexibility index (Phi) is 9.67. The second-order valence-corrected chi connectivity index (χ2v) is 10.3. The van der Waals surface area contributed by atoms with Gasteiger partial charge < -0.3 is 15.7 Å². The number of hydrogen-bond acceptors (Lipinski definition) is 5. The van der Waals surface area contributed by atoms with E-state index in [1.54, 1.807) is 22.8 Å². The third kappa shape index (κ3) is 6.95. The van der Waals surface area contributed by atoms with E-state index in [1.165, 1.54) is 5.56 Å². The first kappa shape index (κ1) is 30.0. The topological polar surface area (TPSA) is 91.5 Å². The van der Waals surface area contributed by atoms with Crippen LogP contribution in [0.5, 0.6) is 5.75 Å². The summed E-state index contributed by atoms with van der Waals surface area (Å²) in [4.78, 5) is 17.8. The van der Waals surface area contributed by atoms with Crippen molar-refractivity contribution in [1.29, 1.82) is 0 Å². The molecule has 0 saturated heterocycles. The largest absolute Gasteiger partial charge is 0.507 e. The SMILES string of the molecule is CC.Cc1cnn2c(NCc3ccc(CNC(=O)c4ccccc4Cc4ccccc4)cc3)cc(-c3ccccc3O)nc12. The van der Waals surface area contributed by atoms with Crippen molar-refractivity contribution in [3.8, 4) is 17.0 Å². The molecule has 3 N–H and O–H groups in total. The van der Waals surface area contributed by atoms with Crippen molar-refractivity contribution in [2.75, 3.05) is 5.32 Å². The molecule has 0 aliphatic rings. The zero-order chi connectivity index (χ0) is 30.9. The molecule has 7 nitrogen and oxygen atoms in total. The van der Waals surface area contributed by atoms with Gasteiger partial charge in [0, 0.05) is 35.8 Å². The van der Waals surface area contributed by atoms with Crippen LogP contribution in [0.4, 0.5) is 5.82 Å². The highest BCUT2D eigenvalue weighted by Crippen LogP contribution is 2.30. The average molecular weight is 584 g/mol. The van der Waals surface area contributed by atoms with E-state index in [9.17, 15) is 9.90 Å². The van der Waals surface area contributed by atoms with Crippen molar-refractivity contribution in [2.45, 2.75) is 40.3 Å². The van der Waals surface area contributed by atoms with Gasteiger partial charge in [0.1, 0.15) is 11.6 Å². The molecule has 0 unspecified atom stereocenters. The Morgan fingerprint density at radius 3 is 2.20 bits per heavy atom. The molecular formula is C37H37N5O2. The lowest BCUT2D eigenvalue weighted by atomic mass is 9.99. The van der Waals surface area contributed by atoms with Crippen LogP contribution in [0.15, 0.2) is 115 Å². The fraction of sp³-hybridized carbons (Fsp3) is 0.162. The predicted molar refractivity (Wildman–Crippen MR) is 177 cm³/mol. The number of nitrogens with one attached hydrogen (secondary N) is 2. The van der Waals surface area contributed by atoms with Crippen LogP contribution in [0.1, 0.15) is 52.0 Å². The molecule has 0 atom stereocenters. The number of nitrogens with zero attached hydrogens (tertiary/aromatic N) is 3. The van der Waals surface area contributed by atoms with Crippen molar-refractivity contribution < 1.29 is 9.90 Å². The second-order valence-electron chi connectivity index (χ2n) is 10.3. The number of aromatic nitrogens is 3. The number of aromatic hydroxyl groups is 1. The fourth-order valence-electron chi connectivity index (χ4n) is 4.98. The van der Waals surface area contributed by atoms with Gasteiger partial charge in [-0.3, -0.25) is 4.79 Å². The number of anilines is 1. The molecule has 222 valence electrons. The Morgan fingerprint density at radius 2 is 1.45 bits per heavy atom. The van der Waals surface area contributed by atoms with Crippen molar-refractivity contribution in [3.05, 3.63) is 149 Å². The molecule has 44 heavy (non-hydrogen) atoms.